The molecule has 1 unspecified atom stereocenters. The molecule has 0 radical (unpaired) electrons. The summed E-state index contributed by atoms with van der Waals surface area (Å²) in [4.78, 5) is 32.4. The number of amides is 1. The lowest BCUT2D eigenvalue weighted by atomic mass is 9.99. The van der Waals surface area contributed by atoms with Gasteiger partial charge >= 0.3 is 5.91 Å². The number of ketones is 1. The van der Waals surface area contributed by atoms with Gasteiger partial charge < -0.3 is 14.3 Å². The van der Waals surface area contributed by atoms with Crippen molar-refractivity contribution in [1.29, 1.82) is 0 Å². The molecule has 0 bridgehead atoms. The number of aromatic nitrogens is 1. The molecule has 0 saturated carbocycles. The number of carbonyl (C=O) groups excluding carboxylic acids is 2. The minimum Gasteiger partial charge on any atom is -0.507 e. The number of benzene rings is 2. The first-order chi connectivity index (χ1) is 16.4. The summed E-state index contributed by atoms with van der Waals surface area (Å²) in [5.41, 5.74) is 2.15. The Morgan fingerprint density at radius 1 is 1.12 bits per heavy atom. The first kappa shape index (κ1) is 21.9. The Kier molecular flexibility index (Phi) is 5.45. The number of hydrogen-bond donors (Lipinski definition) is 1. The lowest BCUT2D eigenvalue weighted by Crippen LogP contribution is -2.29. The predicted octanol–water partition coefficient (Wildman–Crippen LogP) is 5.53. The van der Waals surface area contributed by atoms with Gasteiger partial charge in [0.05, 0.1) is 22.4 Å². The number of furan rings is 1. The van der Waals surface area contributed by atoms with E-state index in [-0.39, 0.29) is 11.3 Å². The minimum atomic E-state index is -0.943. The zero-order valence-corrected chi connectivity index (χ0v) is 19.7. The average molecular weight is 475 g/mol. The Bertz CT molecular complexity index is 1450. The third kappa shape index (κ3) is 3.66. The number of thiazole rings is 1. The van der Waals surface area contributed by atoms with Gasteiger partial charge in [-0.2, -0.15) is 0 Å². The summed E-state index contributed by atoms with van der Waals surface area (Å²) in [7, 11) is 0. The van der Waals surface area contributed by atoms with Crippen LogP contribution in [0, 0.1) is 13.8 Å². The van der Waals surface area contributed by atoms with E-state index in [4.69, 9.17) is 9.15 Å². The van der Waals surface area contributed by atoms with E-state index in [9.17, 15) is 14.7 Å². The van der Waals surface area contributed by atoms with Crippen molar-refractivity contribution >= 4 is 44.1 Å². The molecular weight excluding hydrogens is 452 g/mol. The number of hydrogen-bond acceptors (Lipinski definition) is 7. The van der Waals surface area contributed by atoms with Crippen LogP contribution in [0.25, 0.3) is 16.0 Å². The molecule has 34 heavy (non-hydrogen) atoms. The highest BCUT2D eigenvalue weighted by molar-refractivity contribution is 7.22. The third-order valence-electron chi connectivity index (χ3n) is 5.65. The molecule has 1 aliphatic heterocycles. The molecule has 1 atom stereocenters. The Morgan fingerprint density at radius 3 is 2.56 bits per heavy atom. The van der Waals surface area contributed by atoms with Crippen molar-refractivity contribution in [3.8, 4) is 5.75 Å². The summed E-state index contributed by atoms with van der Waals surface area (Å²) < 4.78 is 12.2. The number of fused-ring (bicyclic) bond motifs is 1. The lowest BCUT2D eigenvalue weighted by Gasteiger charge is -2.20. The molecule has 1 amide bonds. The summed E-state index contributed by atoms with van der Waals surface area (Å²) >= 11 is 1.32. The van der Waals surface area contributed by atoms with E-state index < -0.39 is 17.7 Å². The van der Waals surface area contributed by atoms with Gasteiger partial charge in [-0.05, 0) is 74.9 Å². The molecule has 8 heteroatoms. The molecule has 172 valence electrons. The van der Waals surface area contributed by atoms with E-state index in [1.807, 2.05) is 32.0 Å². The highest BCUT2D eigenvalue weighted by atomic mass is 32.1. The number of ether oxygens (including phenoxy) is 1. The van der Waals surface area contributed by atoms with E-state index in [1.54, 1.807) is 43.3 Å². The van der Waals surface area contributed by atoms with Crippen LogP contribution < -0.4 is 9.64 Å². The Morgan fingerprint density at radius 2 is 1.88 bits per heavy atom. The third-order valence-corrected chi connectivity index (χ3v) is 6.67. The van der Waals surface area contributed by atoms with Crippen LogP contribution in [0.2, 0.25) is 0 Å². The maximum absolute atomic E-state index is 13.3. The van der Waals surface area contributed by atoms with Crippen molar-refractivity contribution in [2.24, 2.45) is 0 Å². The fourth-order valence-corrected chi connectivity index (χ4v) is 5.14. The summed E-state index contributed by atoms with van der Waals surface area (Å²) in [6.07, 6.45) is 0. The molecule has 2 aromatic heterocycles. The lowest BCUT2D eigenvalue weighted by molar-refractivity contribution is -0.132. The first-order valence-electron chi connectivity index (χ1n) is 10.8. The van der Waals surface area contributed by atoms with Gasteiger partial charge in [0, 0.05) is 5.56 Å². The number of Topliss-reactive ketones (excluding diaryl/α,β-unsaturated/α-hetero) is 1. The molecule has 5 rings (SSSR count). The number of anilines is 1. The van der Waals surface area contributed by atoms with Crippen molar-refractivity contribution in [2.45, 2.75) is 26.8 Å². The van der Waals surface area contributed by atoms with Gasteiger partial charge in [-0.15, -0.1) is 0 Å². The van der Waals surface area contributed by atoms with Crippen LogP contribution in [0.4, 0.5) is 5.13 Å². The number of aliphatic hydroxyl groups excluding tert-OH is 1. The van der Waals surface area contributed by atoms with Gasteiger partial charge in [0.25, 0.3) is 5.78 Å². The van der Waals surface area contributed by atoms with Crippen LogP contribution in [0.3, 0.4) is 0 Å². The molecule has 4 aromatic rings. The summed E-state index contributed by atoms with van der Waals surface area (Å²) in [6, 6.07) is 15.0. The molecular formula is C26H22N2O5S. The number of aliphatic hydroxyl groups is 1. The monoisotopic (exact) mass is 474 g/mol. The van der Waals surface area contributed by atoms with Crippen LogP contribution in [-0.2, 0) is 9.59 Å². The van der Waals surface area contributed by atoms with E-state index >= 15 is 0 Å². The van der Waals surface area contributed by atoms with E-state index in [2.05, 4.69) is 4.98 Å². The number of carbonyl (C=O) groups is 2. The second kappa shape index (κ2) is 8.46. The Balaban J connectivity index is 1.67. The van der Waals surface area contributed by atoms with E-state index in [1.165, 1.54) is 16.2 Å². The number of nitrogens with zero attached hydrogens (tertiary/aromatic N) is 2. The molecule has 1 aliphatic rings. The van der Waals surface area contributed by atoms with E-state index in [0.29, 0.717) is 34.6 Å². The highest BCUT2D eigenvalue weighted by Gasteiger charge is 2.49. The van der Waals surface area contributed by atoms with Gasteiger partial charge in [-0.1, -0.05) is 17.4 Å². The number of rotatable bonds is 5. The van der Waals surface area contributed by atoms with Gasteiger partial charge in [-0.3, -0.25) is 14.5 Å². The van der Waals surface area contributed by atoms with Crippen molar-refractivity contribution < 1.29 is 23.8 Å². The first-order valence-corrected chi connectivity index (χ1v) is 11.7. The summed E-state index contributed by atoms with van der Waals surface area (Å²) in [6.45, 7) is 6.15. The maximum atomic E-state index is 13.3. The Hall–Kier alpha value is -3.91. The van der Waals surface area contributed by atoms with E-state index in [0.717, 1.165) is 15.8 Å². The van der Waals surface area contributed by atoms with Crippen molar-refractivity contribution in [1.82, 2.24) is 4.98 Å². The summed E-state index contributed by atoms with van der Waals surface area (Å²) in [5, 5.41) is 11.6. The zero-order chi connectivity index (χ0) is 24.0. The van der Waals surface area contributed by atoms with Crippen LogP contribution in [0.15, 0.2) is 64.6 Å². The second-order valence-electron chi connectivity index (χ2n) is 8.04. The SMILES string of the molecule is CCOc1ccc(/C(O)=C2\C(=O)C(=O)N(c3nc4ccc(C)cc4s3)C2c2ccc(C)o2)cc1. The molecule has 1 N–H and O–H groups in total. The van der Waals surface area contributed by atoms with Gasteiger partial charge in [0.15, 0.2) is 5.13 Å². The normalized spacial score (nSPS) is 17.6. The van der Waals surface area contributed by atoms with Crippen molar-refractivity contribution in [3.63, 3.8) is 0 Å². The second-order valence-corrected chi connectivity index (χ2v) is 9.05. The van der Waals surface area contributed by atoms with Gasteiger partial charge in [0.2, 0.25) is 0 Å². The predicted molar refractivity (Wildman–Crippen MR) is 130 cm³/mol. The van der Waals surface area contributed by atoms with Gasteiger partial charge in [-0.25, -0.2) is 4.98 Å². The topological polar surface area (TPSA) is 92.9 Å². The van der Waals surface area contributed by atoms with Crippen LogP contribution in [0.1, 0.15) is 35.6 Å². The highest BCUT2D eigenvalue weighted by Crippen LogP contribution is 2.44. The molecule has 1 fully saturated rings. The van der Waals surface area contributed by atoms with Crippen LogP contribution >= 0.6 is 11.3 Å². The molecule has 1 saturated heterocycles. The standard InChI is InChI=1S/C26H22N2O5S/c1-4-32-17-9-7-16(8-10-17)23(29)21-22(19-12-6-15(3)33-19)28(25(31)24(21)30)26-27-18-11-5-14(2)13-20(18)34-26/h5-13,22,29H,4H2,1-3H3/b23-21+. The van der Waals surface area contributed by atoms with Gasteiger partial charge in [0.1, 0.15) is 29.1 Å². The molecule has 0 aliphatic carbocycles. The fourth-order valence-electron chi connectivity index (χ4n) is 4.05. The molecule has 7 nitrogen and oxygen atoms in total. The summed E-state index contributed by atoms with van der Waals surface area (Å²) in [5.74, 6) is -0.188. The molecule has 3 heterocycles. The maximum Gasteiger partial charge on any atom is 0.302 e. The average Bonchev–Trinajstić information content (AvgIpc) is 3.50. The quantitative estimate of drug-likeness (QED) is 0.232. The van der Waals surface area contributed by atoms with Crippen LogP contribution in [0.5, 0.6) is 5.75 Å². The van der Waals surface area contributed by atoms with Crippen molar-refractivity contribution in [3.05, 3.63) is 82.8 Å². The fraction of sp³-hybridized carbons (Fsp3) is 0.192. The number of aryl methyl sites for hydroxylation is 2. The smallest absolute Gasteiger partial charge is 0.302 e. The molecule has 0 spiro atoms. The zero-order valence-electron chi connectivity index (χ0n) is 18.9. The Labute approximate surface area is 199 Å². The molecule has 2 aromatic carbocycles. The minimum absolute atomic E-state index is 0.0426. The largest absolute Gasteiger partial charge is 0.507 e. The van der Waals surface area contributed by atoms with Crippen LogP contribution in [-0.4, -0.2) is 28.4 Å². The van der Waals surface area contributed by atoms with Crippen molar-refractivity contribution in [2.75, 3.05) is 11.5 Å².